The normalized spacial score (nSPS) is 13.7. The topological polar surface area (TPSA) is 9.23 Å². The number of benzene rings is 1. The van der Waals surface area contributed by atoms with Crippen molar-refractivity contribution in [1.82, 2.24) is 0 Å². The number of halogens is 4. The Kier molecular flexibility index (Phi) is 5.32. The standard InChI is InChI=1S/C13H16ClF3O/c1-9(2)12(14)7-6-10-4-3-5-11(8-10)18-13(15,16)17/h3-5,8-9,12H,6-7H2,1-2H3. The molecule has 0 aliphatic heterocycles. The van der Waals surface area contributed by atoms with Gasteiger partial charge in [-0.05, 0) is 36.5 Å². The summed E-state index contributed by atoms with van der Waals surface area (Å²) in [5.41, 5.74) is 0.794. The van der Waals surface area contributed by atoms with Crippen LogP contribution < -0.4 is 4.74 Å². The molecule has 1 atom stereocenters. The monoisotopic (exact) mass is 280 g/mol. The molecule has 1 aromatic carbocycles. The van der Waals surface area contributed by atoms with E-state index >= 15 is 0 Å². The maximum absolute atomic E-state index is 12.0. The van der Waals surface area contributed by atoms with Gasteiger partial charge in [0.2, 0.25) is 0 Å². The van der Waals surface area contributed by atoms with E-state index < -0.39 is 6.36 Å². The summed E-state index contributed by atoms with van der Waals surface area (Å²) in [6.45, 7) is 4.03. The summed E-state index contributed by atoms with van der Waals surface area (Å²) in [4.78, 5) is 0. The highest BCUT2D eigenvalue weighted by Crippen LogP contribution is 2.24. The van der Waals surface area contributed by atoms with Gasteiger partial charge in [-0.3, -0.25) is 0 Å². The first-order valence-corrected chi connectivity index (χ1v) is 6.20. The lowest BCUT2D eigenvalue weighted by Crippen LogP contribution is -2.17. The fourth-order valence-electron chi connectivity index (χ4n) is 1.54. The molecule has 0 radical (unpaired) electrons. The van der Waals surface area contributed by atoms with Crippen molar-refractivity contribution in [3.63, 3.8) is 0 Å². The lowest BCUT2D eigenvalue weighted by molar-refractivity contribution is -0.274. The van der Waals surface area contributed by atoms with Crippen molar-refractivity contribution in [2.45, 2.75) is 38.4 Å². The van der Waals surface area contributed by atoms with E-state index in [1.165, 1.54) is 12.1 Å². The molecule has 0 aromatic heterocycles. The number of alkyl halides is 4. The average molecular weight is 281 g/mol. The number of hydrogen-bond acceptors (Lipinski definition) is 1. The predicted octanol–water partition coefficient (Wildman–Crippen LogP) is 4.78. The van der Waals surface area contributed by atoms with Crippen molar-refractivity contribution in [3.05, 3.63) is 29.8 Å². The Morgan fingerprint density at radius 3 is 2.50 bits per heavy atom. The lowest BCUT2D eigenvalue weighted by atomic mass is 10.0. The smallest absolute Gasteiger partial charge is 0.406 e. The first kappa shape index (κ1) is 15.2. The molecule has 0 saturated heterocycles. The van der Waals surface area contributed by atoms with Gasteiger partial charge < -0.3 is 4.74 Å². The first-order valence-electron chi connectivity index (χ1n) is 5.76. The maximum Gasteiger partial charge on any atom is 0.573 e. The maximum atomic E-state index is 12.0. The van der Waals surface area contributed by atoms with Crippen molar-refractivity contribution in [3.8, 4) is 5.75 Å². The zero-order chi connectivity index (χ0) is 13.8. The molecule has 5 heteroatoms. The molecule has 0 fully saturated rings. The molecule has 0 heterocycles. The van der Waals surface area contributed by atoms with Crippen LogP contribution >= 0.6 is 11.6 Å². The minimum atomic E-state index is -4.65. The highest BCUT2D eigenvalue weighted by atomic mass is 35.5. The average Bonchev–Trinajstić information content (AvgIpc) is 2.23. The van der Waals surface area contributed by atoms with Crippen LogP contribution in [0.2, 0.25) is 0 Å². The Morgan fingerprint density at radius 1 is 1.28 bits per heavy atom. The van der Waals surface area contributed by atoms with Crippen LogP contribution in [0.15, 0.2) is 24.3 Å². The molecule has 1 aromatic rings. The second kappa shape index (κ2) is 6.32. The van der Waals surface area contributed by atoms with Crippen LogP contribution in [0, 0.1) is 5.92 Å². The summed E-state index contributed by atoms with van der Waals surface area (Å²) in [5, 5.41) is 0.0252. The SMILES string of the molecule is CC(C)C(Cl)CCc1cccc(OC(F)(F)F)c1. The van der Waals surface area contributed by atoms with E-state index in [4.69, 9.17) is 11.6 Å². The largest absolute Gasteiger partial charge is 0.573 e. The summed E-state index contributed by atoms with van der Waals surface area (Å²) >= 11 is 6.10. The molecule has 0 saturated carbocycles. The Balaban J connectivity index is 2.60. The van der Waals surface area contributed by atoms with Gasteiger partial charge in [-0.25, -0.2) is 0 Å². The summed E-state index contributed by atoms with van der Waals surface area (Å²) in [7, 11) is 0. The van der Waals surface area contributed by atoms with Gasteiger partial charge in [-0.15, -0.1) is 24.8 Å². The van der Waals surface area contributed by atoms with E-state index in [0.29, 0.717) is 12.3 Å². The molecular formula is C13H16ClF3O. The highest BCUT2D eigenvalue weighted by Gasteiger charge is 2.31. The zero-order valence-electron chi connectivity index (χ0n) is 10.3. The third-order valence-corrected chi connectivity index (χ3v) is 3.29. The second-order valence-electron chi connectivity index (χ2n) is 4.49. The number of rotatable bonds is 5. The zero-order valence-corrected chi connectivity index (χ0v) is 11.1. The Morgan fingerprint density at radius 2 is 1.94 bits per heavy atom. The number of ether oxygens (including phenoxy) is 1. The predicted molar refractivity (Wildman–Crippen MR) is 65.9 cm³/mol. The van der Waals surface area contributed by atoms with Gasteiger partial charge in [0.1, 0.15) is 5.75 Å². The molecule has 102 valence electrons. The van der Waals surface area contributed by atoms with Gasteiger partial charge in [0, 0.05) is 5.38 Å². The molecule has 0 amide bonds. The number of hydrogen-bond donors (Lipinski definition) is 0. The van der Waals surface area contributed by atoms with Crippen molar-refractivity contribution in [1.29, 1.82) is 0 Å². The number of aryl methyl sites for hydroxylation is 1. The van der Waals surface area contributed by atoms with Crippen molar-refractivity contribution in [2.75, 3.05) is 0 Å². The summed E-state index contributed by atoms with van der Waals surface area (Å²) in [6, 6.07) is 6.01. The quantitative estimate of drug-likeness (QED) is 0.705. The summed E-state index contributed by atoms with van der Waals surface area (Å²) < 4.78 is 40.0. The van der Waals surface area contributed by atoms with Gasteiger partial charge in [-0.1, -0.05) is 26.0 Å². The minimum absolute atomic E-state index is 0.0252. The van der Waals surface area contributed by atoms with E-state index in [0.717, 1.165) is 12.0 Å². The van der Waals surface area contributed by atoms with Crippen molar-refractivity contribution in [2.24, 2.45) is 5.92 Å². The van der Waals surface area contributed by atoms with Crippen molar-refractivity contribution >= 4 is 11.6 Å². The van der Waals surface area contributed by atoms with Crippen LogP contribution in [-0.2, 0) is 6.42 Å². The van der Waals surface area contributed by atoms with Crippen LogP contribution in [0.3, 0.4) is 0 Å². The Hall–Kier alpha value is -0.900. The third kappa shape index (κ3) is 5.63. The lowest BCUT2D eigenvalue weighted by Gasteiger charge is -2.13. The second-order valence-corrected chi connectivity index (χ2v) is 5.05. The van der Waals surface area contributed by atoms with E-state index in [1.54, 1.807) is 12.1 Å². The molecule has 0 aliphatic carbocycles. The summed E-state index contributed by atoms with van der Waals surface area (Å²) in [5.74, 6) is 0.164. The molecule has 1 rings (SSSR count). The molecular weight excluding hydrogens is 265 g/mol. The molecule has 1 nitrogen and oxygen atoms in total. The fraction of sp³-hybridized carbons (Fsp3) is 0.538. The fourth-order valence-corrected chi connectivity index (χ4v) is 1.65. The molecule has 0 aliphatic rings. The van der Waals surface area contributed by atoms with Crippen LogP contribution in [0.5, 0.6) is 5.75 Å². The molecule has 0 N–H and O–H groups in total. The summed E-state index contributed by atoms with van der Waals surface area (Å²) in [6.07, 6.45) is -3.28. The van der Waals surface area contributed by atoms with Crippen LogP contribution in [-0.4, -0.2) is 11.7 Å². The van der Waals surface area contributed by atoms with E-state index in [-0.39, 0.29) is 11.1 Å². The van der Waals surface area contributed by atoms with Gasteiger partial charge in [0.25, 0.3) is 0 Å². The molecule has 18 heavy (non-hydrogen) atoms. The molecule has 0 bridgehead atoms. The van der Waals surface area contributed by atoms with Crippen LogP contribution in [0.25, 0.3) is 0 Å². The van der Waals surface area contributed by atoms with Gasteiger partial charge >= 0.3 is 6.36 Å². The van der Waals surface area contributed by atoms with Gasteiger partial charge in [0.05, 0.1) is 0 Å². The molecule has 0 spiro atoms. The van der Waals surface area contributed by atoms with E-state index in [2.05, 4.69) is 4.74 Å². The van der Waals surface area contributed by atoms with E-state index in [9.17, 15) is 13.2 Å². The third-order valence-electron chi connectivity index (χ3n) is 2.56. The van der Waals surface area contributed by atoms with E-state index in [1.807, 2.05) is 13.8 Å². The Labute approximate surface area is 110 Å². The van der Waals surface area contributed by atoms with Gasteiger partial charge in [-0.2, -0.15) is 0 Å². The van der Waals surface area contributed by atoms with Gasteiger partial charge in [0.15, 0.2) is 0 Å². The van der Waals surface area contributed by atoms with Crippen LogP contribution in [0.4, 0.5) is 13.2 Å². The van der Waals surface area contributed by atoms with Crippen molar-refractivity contribution < 1.29 is 17.9 Å². The highest BCUT2D eigenvalue weighted by molar-refractivity contribution is 6.20. The molecule has 1 unspecified atom stereocenters. The first-order chi connectivity index (χ1) is 8.28. The van der Waals surface area contributed by atoms with Crippen LogP contribution in [0.1, 0.15) is 25.8 Å². The Bertz CT molecular complexity index is 377. The minimum Gasteiger partial charge on any atom is -0.406 e.